The molecule has 2 nitrogen and oxygen atoms in total. The molecule has 108 valence electrons. The van der Waals surface area contributed by atoms with Gasteiger partial charge < -0.3 is 9.88 Å². The Morgan fingerprint density at radius 3 is 2.50 bits per heavy atom. The van der Waals surface area contributed by atoms with Crippen molar-refractivity contribution < 1.29 is 0 Å². The number of nitrogens with one attached hydrogen (secondary N) is 1. The molecule has 0 aliphatic heterocycles. The van der Waals surface area contributed by atoms with Crippen LogP contribution in [0.25, 0.3) is 0 Å². The van der Waals surface area contributed by atoms with Gasteiger partial charge in [0.25, 0.3) is 0 Å². The van der Waals surface area contributed by atoms with Gasteiger partial charge in [-0.05, 0) is 43.0 Å². The number of aromatic nitrogens is 1. The van der Waals surface area contributed by atoms with Gasteiger partial charge in [0, 0.05) is 31.0 Å². The number of benzene rings is 1. The molecule has 20 heavy (non-hydrogen) atoms. The summed E-state index contributed by atoms with van der Waals surface area (Å²) in [5, 5.41) is 3.62. The molecule has 0 radical (unpaired) electrons. The van der Waals surface area contributed by atoms with Gasteiger partial charge in [-0.3, -0.25) is 0 Å². The van der Waals surface area contributed by atoms with E-state index >= 15 is 0 Å². The van der Waals surface area contributed by atoms with Crippen molar-refractivity contribution in [3.05, 3.63) is 59.4 Å². The zero-order valence-corrected chi connectivity index (χ0v) is 12.9. The SMILES string of the molecule is CCCn1cccc1CNC(C)c1ccc(CC)cc1. The van der Waals surface area contributed by atoms with E-state index in [2.05, 4.69) is 73.3 Å². The lowest BCUT2D eigenvalue weighted by molar-refractivity contribution is 0.541. The van der Waals surface area contributed by atoms with Crippen LogP contribution < -0.4 is 5.32 Å². The van der Waals surface area contributed by atoms with Crippen LogP contribution in [-0.2, 0) is 19.5 Å². The van der Waals surface area contributed by atoms with Gasteiger partial charge >= 0.3 is 0 Å². The molecular weight excluding hydrogens is 244 g/mol. The van der Waals surface area contributed by atoms with Gasteiger partial charge in [0.2, 0.25) is 0 Å². The summed E-state index contributed by atoms with van der Waals surface area (Å²) in [6, 6.07) is 13.7. The third-order valence-electron chi connectivity index (χ3n) is 3.87. The van der Waals surface area contributed by atoms with E-state index in [0.29, 0.717) is 6.04 Å². The summed E-state index contributed by atoms with van der Waals surface area (Å²) in [4.78, 5) is 0. The Hall–Kier alpha value is -1.54. The van der Waals surface area contributed by atoms with Crippen molar-refractivity contribution >= 4 is 0 Å². The van der Waals surface area contributed by atoms with Crippen LogP contribution >= 0.6 is 0 Å². The Balaban J connectivity index is 1.93. The van der Waals surface area contributed by atoms with Gasteiger partial charge in [-0.1, -0.05) is 38.1 Å². The zero-order chi connectivity index (χ0) is 14.4. The number of rotatable bonds is 7. The summed E-state index contributed by atoms with van der Waals surface area (Å²) in [5.74, 6) is 0. The molecule has 1 N–H and O–H groups in total. The molecule has 0 spiro atoms. The molecule has 0 bridgehead atoms. The lowest BCUT2D eigenvalue weighted by Gasteiger charge is -2.16. The first-order valence-corrected chi connectivity index (χ1v) is 7.70. The van der Waals surface area contributed by atoms with E-state index in [1.54, 1.807) is 0 Å². The van der Waals surface area contributed by atoms with Crippen molar-refractivity contribution in [3.8, 4) is 0 Å². The second-order valence-corrected chi connectivity index (χ2v) is 5.39. The molecule has 1 atom stereocenters. The smallest absolute Gasteiger partial charge is 0.0364 e. The molecule has 1 unspecified atom stereocenters. The van der Waals surface area contributed by atoms with Crippen LogP contribution in [0.15, 0.2) is 42.6 Å². The lowest BCUT2D eigenvalue weighted by Crippen LogP contribution is -2.20. The van der Waals surface area contributed by atoms with Crippen LogP contribution in [0.4, 0.5) is 0 Å². The van der Waals surface area contributed by atoms with Crippen molar-refractivity contribution in [3.63, 3.8) is 0 Å². The minimum atomic E-state index is 0.380. The number of hydrogen-bond donors (Lipinski definition) is 1. The molecule has 0 saturated carbocycles. The molecule has 1 aromatic heterocycles. The number of aryl methyl sites for hydroxylation is 2. The maximum absolute atomic E-state index is 3.62. The summed E-state index contributed by atoms with van der Waals surface area (Å²) in [6.45, 7) is 8.66. The van der Waals surface area contributed by atoms with E-state index < -0.39 is 0 Å². The molecule has 2 heteroatoms. The highest BCUT2D eigenvalue weighted by molar-refractivity contribution is 5.24. The minimum absolute atomic E-state index is 0.380. The van der Waals surface area contributed by atoms with Crippen LogP contribution in [0, 0.1) is 0 Å². The van der Waals surface area contributed by atoms with Gasteiger partial charge in [-0.15, -0.1) is 0 Å². The molecule has 1 heterocycles. The summed E-state index contributed by atoms with van der Waals surface area (Å²) in [5.41, 5.74) is 4.12. The number of hydrogen-bond acceptors (Lipinski definition) is 1. The molecule has 2 rings (SSSR count). The van der Waals surface area contributed by atoms with Crippen LogP contribution in [-0.4, -0.2) is 4.57 Å². The molecule has 0 amide bonds. The van der Waals surface area contributed by atoms with E-state index in [0.717, 1.165) is 19.5 Å². The second kappa shape index (κ2) is 7.30. The average molecular weight is 270 g/mol. The third kappa shape index (κ3) is 3.73. The fourth-order valence-electron chi connectivity index (χ4n) is 2.49. The maximum Gasteiger partial charge on any atom is 0.0364 e. The van der Waals surface area contributed by atoms with Crippen LogP contribution in [0.3, 0.4) is 0 Å². The lowest BCUT2D eigenvalue weighted by atomic mass is 10.0. The normalized spacial score (nSPS) is 12.6. The highest BCUT2D eigenvalue weighted by atomic mass is 15.0. The minimum Gasteiger partial charge on any atom is -0.350 e. The largest absolute Gasteiger partial charge is 0.350 e. The molecule has 0 saturated heterocycles. The Labute approximate surface area is 122 Å². The quantitative estimate of drug-likeness (QED) is 0.793. The van der Waals surface area contributed by atoms with Crippen molar-refractivity contribution in [2.24, 2.45) is 0 Å². The maximum atomic E-state index is 3.62. The molecule has 0 fully saturated rings. The third-order valence-corrected chi connectivity index (χ3v) is 3.87. The first kappa shape index (κ1) is 14.9. The second-order valence-electron chi connectivity index (χ2n) is 5.39. The van der Waals surface area contributed by atoms with Crippen molar-refractivity contribution in [2.45, 2.75) is 52.7 Å². The fraction of sp³-hybridized carbons (Fsp3) is 0.444. The summed E-state index contributed by atoms with van der Waals surface area (Å²) >= 11 is 0. The topological polar surface area (TPSA) is 17.0 Å². The molecular formula is C18H26N2. The van der Waals surface area contributed by atoms with Gasteiger partial charge in [0.15, 0.2) is 0 Å². The standard InChI is InChI=1S/C18H26N2/c1-4-12-20-13-6-7-18(20)14-19-15(3)17-10-8-16(5-2)9-11-17/h6-11,13,15,19H,4-5,12,14H2,1-3H3. The van der Waals surface area contributed by atoms with E-state index in [1.807, 2.05) is 0 Å². The Bertz CT molecular complexity index is 510. The van der Waals surface area contributed by atoms with Gasteiger partial charge in [-0.2, -0.15) is 0 Å². The van der Waals surface area contributed by atoms with Crippen molar-refractivity contribution in [2.75, 3.05) is 0 Å². The predicted molar refractivity (Wildman–Crippen MR) is 85.8 cm³/mol. The van der Waals surface area contributed by atoms with E-state index in [9.17, 15) is 0 Å². The van der Waals surface area contributed by atoms with Gasteiger partial charge in [0.05, 0.1) is 0 Å². The van der Waals surface area contributed by atoms with E-state index in [-0.39, 0.29) is 0 Å². The molecule has 0 aliphatic carbocycles. The van der Waals surface area contributed by atoms with Crippen LogP contribution in [0.2, 0.25) is 0 Å². The summed E-state index contributed by atoms with van der Waals surface area (Å²) in [6.07, 6.45) is 4.45. The fourth-order valence-corrected chi connectivity index (χ4v) is 2.49. The first-order valence-electron chi connectivity index (χ1n) is 7.70. The molecule has 1 aromatic carbocycles. The van der Waals surface area contributed by atoms with Crippen LogP contribution in [0.1, 0.15) is 50.1 Å². The summed E-state index contributed by atoms with van der Waals surface area (Å²) in [7, 11) is 0. The molecule has 2 aromatic rings. The highest BCUT2D eigenvalue weighted by Gasteiger charge is 2.06. The Morgan fingerprint density at radius 1 is 1.10 bits per heavy atom. The first-order chi connectivity index (χ1) is 9.74. The van der Waals surface area contributed by atoms with E-state index in [1.165, 1.54) is 23.2 Å². The van der Waals surface area contributed by atoms with Gasteiger partial charge in [-0.25, -0.2) is 0 Å². The van der Waals surface area contributed by atoms with Gasteiger partial charge in [0.1, 0.15) is 0 Å². The predicted octanol–water partition coefficient (Wildman–Crippen LogP) is 4.31. The van der Waals surface area contributed by atoms with E-state index in [4.69, 9.17) is 0 Å². The average Bonchev–Trinajstić information content (AvgIpc) is 2.92. The van der Waals surface area contributed by atoms with Crippen molar-refractivity contribution in [1.29, 1.82) is 0 Å². The Morgan fingerprint density at radius 2 is 1.85 bits per heavy atom. The Kier molecular flexibility index (Phi) is 5.42. The zero-order valence-electron chi connectivity index (χ0n) is 12.9. The molecule has 0 aliphatic rings. The van der Waals surface area contributed by atoms with Crippen molar-refractivity contribution in [1.82, 2.24) is 9.88 Å². The highest BCUT2D eigenvalue weighted by Crippen LogP contribution is 2.15. The number of nitrogens with zero attached hydrogens (tertiary/aromatic N) is 1. The van der Waals surface area contributed by atoms with Crippen LogP contribution in [0.5, 0.6) is 0 Å². The monoisotopic (exact) mass is 270 g/mol. The summed E-state index contributed by atoms with van der Waals surface area (Å²) < 4.78 is 2.33.